The molecule has 0 amide bonds. The molecule has 100 valence electrons. The van der Waals surface area contributed by atoms with Crippen LogP contribution in [0.25, 0.3) is 0 Å². The number of halogens is 1. The van der Waals surface area contributed by atoms with Crippen LogP contribution >= 0.6 is 11.8 Å². The first kappa shape index (κ1) is 14.0. The first-order valence-corrected chi connectivity index (χ1v) is 6.98. The van der Waals surface area contributed by atoms with Crippen molar-refractivity contribution in [1.82, 2.24) is 15.3 Å². The van der Waals surface area contributed by atoms with E-state index >= 15 is 0 Å². The van der Waals surface area contributed by atoms with Gasteiger partial charge in [-0.3, -0.25) is 0 Å². The van der Waals surface area contributed by atoms with Gasteiger partial charge >= 0.3 is 0 Å². The van der Waals surface area contributed by atoms with Crippen LogP contribution in [0.5, 0.6) is 0 Å². The number of aromatic nitrogens is 2. The fraction of sp³-hybridized carbons (Fsp3) is 0.286. The molecule has 3 nitrogen and oxygen atoms in total. The number of hydrogen-bond donors (Lipinski definition) is 1. The third kappa shape index (κ3) is 3.75. The predicted octanol–water partition coefficient (Wildman–Crippen LogP) is 3.18. The maximum absolute atomic E-state index is 13.9. The van der Waals surface area contributed by atoms with Crippen LogP contribution in [0, 0.1) is 12.7 Å². The Kier molecular flexibility index (Phi) is 4.87. The molecule has 2 aromatic rings. The van der Waals surface area contributed by atoms with Crippen LogP contribution in [0.2, 0.25) is 0 Å². The summed E-state index contributed by atoms with van der Waals surface area (Å²) in [6, 6.07) is 6.93. The molecule has 0 atom stereocenters. The summed E-state index contributed by atoms with van der Waals surface area (Å²) in [5, 5.41) is 3.79. The Balaban J connectivity index is 2.26. The third-order valence-corrected chi connectivity index (χ3v) is 3.58. The topological polar surface area (TPSA) is 37.8 Å². The maximum atomic E-state index is 13.9. The number of aryl methyl sites for hydroxylation is 1. The molecule has 0 radical (unpaired) electrons. The molecule has 0 aliphatic rings. The van der Waals surface area contributed by atoms with Gasteiger partial charge in [-0.25, -0.2) is 14.4 Å². The number of rotatable bonds is 5. The Labute approximate surface area is 116 Å². The fourth-order valence-corrected chi connectivity index (χ4v) is 2.57. The Morgan fingerprint density at radius 3 is 2.89 bits per heavy atom. The highest BCUT2D eigenvalue weighted by Crippen LogP contribution is 2.29. The summed E-state index contributed by atoms with van der Waals surface area (Å²) >= 11 is 1.39. The highest BCUT2D eigenvalue weighted by atomic mass is 32.2. The highest BCUT2D eigenvalue weighted by Gasteiger charge is 2.10. The molecule has 0 aliphatic carbocycles. The quantitative estimate of drug-likeness (QED) is 0.852. The minimum absolute atomic E-state index is 0.196. The Hall–Kier alpha value is -1.46. The van der Waals surface area contributed by atoms with Gasteiger partial charge in [-0.2, -0.15) is 0 Å². The van der Waals surface area contributed by atoms with Gasteiger partial charge in [0.2, 0.25) is 0 Å². The molecule has 1 heterocycles. The lowest BCUT2D eigenvalue weighted by atomic mass is 10.2. The van der Waals surface area contributed by atoms with E-state index in [9.17, 15) is 4.39 Å². The number of nitrogens with zero attached hydrogens (tertiary/aromatic N) is 2. The lowest BCUT2D eigenvalue weighted by molar-refractivity contribution is 0.585. The second-order valence-corrected chi connectivity index (χ2v) is 5.09. The molecule has 0 bridgehead atoms. The first-order valence-electron chi connectivity index (χ1n) is 6.16. The van der Waals surface area contributed by atoms with E-state index in [0.29, 0.717) is 17.3 Å². The summed E-state index contributed by atoms with van der Waals surface area (Å²) in [6.07, 6.45) is 1.72. The van der Waals surface area contributed by atoms with Gasteiger partial charge in [0.15, 0.2) is 5.16 Å². The average Bonchev–Trinajstić information content (AvgIpc) is 2.38. The van der Waals surface area contributed by atoms with Gasteiger partial charge in [0.25, 0.3) is 0 Å². The standard InChI is InChI=1S/C14H16FN3S/c1-3-16-9-11-12(15)5-4-6-13(11)19-14-17-8-7-10(2)18-14/h4-8,16H,3,9H2,1-2H3. The minimum atomic E-state index is -0.196. The molecule has 0 unspecified atom stereocenters. The maximum Gasteiger partial charge on any atom is 0.192 e. The molecule has 0 saturated carbocycles. The predicted molar refractivity (Wildman–Crippen MR) is 74.7 cm³/mol. The normalized spacial score (nSPS) is 10.7. The second kappa shape index (κ2) is 6.63. The summed E-state index contributed by atoms with van der Waals surface area (Å²) in [4.78, 5) is 9.38. The molecule has 2 rings (SSSR count). The van der Waals surface area contributed by atoms with E-state index in [1.54, 1.807) is 12.3 Å². The van der Waals surface area contributed by atoms with Crippen molar-refractivity contribution >= 4 is 11.8 Å². The lowest BCUT2D eigenvalue weighted by Crippen LogP contribution is -2.13. The molecule has 0 aliphatic heterocycles. The van der Waals surface area contributed by atoms with Crippen molar-refractivity contribution in [2.24, 2.45) is 0 Å². The molecule has 1 aromatic heterocycles. The van der Waals surface area contributed by atoms with E-state index in [-0.39, 0.29) is 5.82 Å². The van der Waals surface area contributed by atoms with E-state index in [2.05, 4.69) is 15.3 Å². The van der Waals surface area contributed by atoms with Gasteiger partial charge in [0.1, 0.15) is 5.82 Å². The Morgan fingerprint density at radius 1 is 1.32 bits per heavy atom. The summed E-state index contributed by atoms with van der Waals surface area (Å²) in [5.41, 5.74) is 1.57. The monoisotopic (exact) mass is 277 g/mol. The first-order chi connectivity index (χ1) is 9.20. The minimum Gasteiger partial charge on any atom is -0.313 e. The van der Waals surface area contributed by atoms with E-state index in [4.69, 9.17) is 0 Å². The third-order valence-electron chi connectivity index (χ3n) is 2.60. The van der Waals surface area contributed by atoms with E-state index in [1.807, 2.05) is 26.0 Å². The van der Waals surface area contributed by atoms with E-state index in [1.165, 1.54) is 17.8 Å². The van der Waals surface area contributed by atoms with Crippen molar-refractivity contribution in [2.75, 3.05) is 6.54 Å². The number of nitrogens with one attached hydrogen (secondary N) is 1. The van der Waals surface area contributed by atoms with Crippen molar-refractivity contribution in [1.29, 1.82) is 0 Å². The van der Waals surface area contributed by atoms with Crippen LogP contribution in [0.15, 0.2) is 40.5 Å². The van der Waals surface area contributed by atoms with Gasteiger partial charge in [0, 0.05) is 28.9 Å². The summed E-state index contributed by atoms with van der Waals surface area (Å²) in [5.74, 6) is -0.196. The molecule has 0 spiro atoms. The summed E-state index contributed by atoms with van der Waals surface area (Å²) < 4.78 is 13.9. The van der Waals surface area contributed by atoms with Crippen molar-refractivity contribution in [2.45, 2.75) is 30.4 Å². The van der Waals surface area contributed by atoms with Crippen molar-refractivity contribution in [3.05, 3.63) is 47.5 Å². The number of hydrogen-bond acceptors (Lipinski definition) is 4. The number of benzene rings is 1. The fourth-order valence-electron chi connectivity index (χ4n) is 1.63. The summed E-state index contributed by atoms with van der Waals surface area (Å²) in [6.45, 7) is 5.23. The lowest BCUT2D eigenvalue weighted by Gasteiger charge is -2.10. The van der Waals surface area contributed by atoms with Crippen LogP contribution in [0.4, 0.5) is 4.39 Å². The Morgan fingerprint density at radius 2 is 2.16 bits per heavy atom. The zero-order valence-corrected chi connectivity index (χ0v) is 11.8. The van der Waals surface area contributed by atoms with Crippen LogP contribution in [-0.2, 0) is 6.54 Å². The smallest absolute Gasteiger partial charge is 0.192 e. The van der Waals surface area contributed by atoms with E-state index < -0.39 is 0 Å². The van der Waals surface area contributed by atoms with E-state index in [0.717, 1.165) is 17.1 Å². The van der Waals surface area contributed by atoms with Crippen molar-refractivity contribution < 1.29 is 4.39 Å². The molecule has 19 heavy (non-hydrogen) atoms. The van der Waals surface area contributed by atoms with Crippen LogP contribution in [0.3, 0.4) is 0 Å². The van der Waals surface area contributed by atoms with Gasteiger partial charge in [-0.05, 0) is 43.4 Å². The largest absolute Gasteiger partial charge is 0.313 e. The SMILES string of the molecule is CCNCc1c(F)cccc1Sc1nccc(C)n1. The second-order valence-electron chi connectivity index (χ2n) is 4.08. The van der Waals surface area contributed by atoms with Crippen LogP contribution in [-0.4, -0.2) is 16.5 Å². The molecule has 0 fully saturated rings. The van der Waals surface area contributed by atoms with Gasteiger partial charge in [-0.1, -0.05) is 13.0 Å². The Bertz CT molecular complexity index is 560. The van der Waals surface area contributed by atoms with Gasteiger partial charge < -0.3 is 5.32 Å². The zero-order valence-electron chi connectivity index (χ0n) is 11.0. The molecule has 0 saturated heterocycles. The summed E-state index contributed by atoms with van der Waals surface area (Å²) in [7, 11) is 0. The van der Waals surface area contributed by atoms with Crippen LogP contribution < -0.4 is 5.32 Å². The molecular weight excluding hydrogens is 261 g/mol. The molecule has 1 aromatic carbocycles. The van der Waals surface area contributed by atoms with Crippen molar-refractivity contribution in [3.8, 4) is 0 Å². The molecule has 5 heteroatoms. The van der Waals surface area contributed by atoms with Gasteiger partial charge in [0.05, 0.1) is 0 Å². The highest BCUT2D eigenvalue weighted by molar-refractivity contribution is 7.99. The van der Waals surface area contributed by atoms with Crippen LogP contribution in [0.1, 0.15) is 18.2 Å². The average molecular weight is 277 g/mol. The molecule has 1 N–H and O–H groups in total. The van der Waals surface area contributed by atoms with Crippen molar-refractivity contribution in [3.63, 3.8) is 0 Å². The van der Waals surface area contributed by atoms with Gasteiger partial charge in [-0.15, -0.1) is 0 Å². The zero-order chi connectivity index (χ0) is 13.7. The molecular formula is C14H16FN3S.